The van der Waals surface area contributed by atoms with E-state index in [2.05, 4.69) is 4.74 Å². The van der Waals surface area contributed by atoms with Crippen LogP contribution in [0.3, 0.4) is 0 Å². The van der Waals surface area contributed by atoms with E-state index in [1.54, 1.807) is 6.07 Å². The van der Waals surface area contributed by atoms with Gasteiger partial charge in [0.25, 0.3) is 0 Å². The maximum absolute atomic E-state index is 12.1. The fourth-order valence-corrected chi connectivity index (χ4v) is 1.55. The van der Waals surface area contributed by atoms with Gasteiger partial charge in [0.1, 0.15) is 5.75 Å². The second-order valence-electron chi connectivity index (χ2n) is 4.23. The van der Waals surface area contributed by atoms with E-state index in [-0.39, 0.29) is 17.2 Å². The Hall–Kier alpha value is -1.23. The highest BCUT2D eigenvalue weighted by molar-refractivity contribution is 5.35. The second kappa shape index (κ2) is 5.40. The van der Waals surface area contributed by atoms with Gasteiger partial charge in [0.05, 0.1) is 6.10 Å². The summed E-state index contributed by atoms with van der Waals surface area (Å²) in [4.78, 5) is 0. The number of ether oxygens (including phenoxy) is 1. The molecule has 1 N–H and O–H groups in total. The van der Waals surface area contributed by atoms with Crippen molar-refractivity contribution < 1.29 is 23.0 Å². The standard InChI is InChI=1S/C12H15F3O2/c1-8(2)7-10(16)9-5-3-4-6-11(9)17-12(13,14)15/h3-6,8,10,16H,7H2,1-2H3. The van der Waals surface area contributed by atoms with Crippen molar-refractivity contribution in [3.05, 3.63) is 29.8 Å². The SMILES string of the molecule is CC(C)CC(O)c1ccccc1OC(F)(F)F. The molecule has 1 atom stereocenters. The van der Waals surface area contributed by atoms with E-state index in [0.717, 1.165) is 0 Å². The Balaban J connectivity index is 2.91. The molecule has 2 nitrogen and oxygen atoms in total. The van der Waals surface area contributed by atoms with Gasteiger partial charge in [0.15, 0.2) is 0 Å². The quantitative estimate of drug-likeness (QED) is 0.881. The highest BCUT2D eigenvalue weighted by Crippen LogP contribution is 2.32. The molecule has 0 heterocycles. The van der Waals surface area contributed by atoms with Crippen molar-refractivity contribution in [3.8, 4) is 5.75 Å². The number of hydrogen-bond acceptors (Lipinski definition) is 2. The molecule has 0 aromatic heterocycles. The minimum absolute atomic E-state index is 0.165. The van der Waals surface area contributed by atoms with Crippen LogP contribution >= 0.6 is 0 Å². The van der Waals surface area contributed by atoms with Gasteiger partial charge in [-0.05, 0) is 18.4 Å². The Kier molecular flexibility index (Phi) is 4.40. The Morgan fingerprint density at radius 2 is 1.82 bits per heavy atom. The van der Waals surface area contributed by atoms with Crippen LogP contribution in [0.5, 0.6) is 5.75 Å². The lowest BCUT2D eigenvalue weighted by Crippen LogP contribution is -2.19. The van der Waals surface area contributed by atoms with Gasteiger partial charge in [0, 0.05) is 5.56 Å². The van der Waals surface area contributed by atoms with Crippen LogP contribution < -0.4 is 4.74 Å². The molecular formula is C12H15F3O2. The molecule has 1 unspecified atom stereocenters. The van der Waals surface area contributed by atoms with Crippen molar-refractivity contribution in [3.63, 3.8) is 0 Å². The molecule has 0 radical (unpaired) electrons. The van der Waals surface area contributed by atoms with Gasteiger partial charge in [0.2, 0.25) is 0 Å². The third kappa shape index (κ3) is 4.65. The molecule has 0 aliphatic rings. The van der Waals surface area contributed by atoms with Crippen LogP contribution in [0.4, 0.5) is 13.2 Å². The maximum atomic E-state index is 12.1. The summed E-state index contributed by atoms with van der Waals surface area (Å²) >= 11 is 0. The first-order chi connectivity index (χ1) is 7.79. The number of hydrogen-bond donors (Lipinski definition) is 1. The van der Waals surface area contributed by atoms with Crippen LogP contribution in [-0.4, -0.2) is 11.5 Å². The number of benzene rings is 1. The van der Waals surface area contributed by atoms with E-state index in [4.69, 9.17) is 0 Å². The molecule has 1 aromatic rings. The number of aliphatic hydroxyl groups is 1. The summed E-state index contributed by atoms with van der Waals surface area (Å²) in [6.07, 6.45) is -5.31. The molecule has 96 valence electrons. The lowest BCUT2D eigenvalue weighted by Gasteiger charge is -2.18. The van der Waals surface area contributed by atoms with Crippen molar-refractivity contribution >= 4 is 0 Å². The van der Waals surface area contributed by atoms with E-state index in [9.17, 15) is 18.3 Å². The van der Waals surface area contributed by atoms with Crippen molar-refractivity contribution in [2.45, 2.75) is 32.7 Å². The summed E-state index contributed by atoms with van der Waals surface area (Å²) in [6.45, 7) is 3.77. The van der Waals surface area contributed by atoms with Gasteiger partial charge in [-0.2, -0.15) is 0 Å². The largest absolute Gasteiger partial charge is 0.573 e. The zero-order valence-electron chi connectivity index (χ0n) is 9.66. The van der Waals surface area contributed by atoms with Crippen LogP contribution in [0.15, 0.2) is 24.3 Å². The van der Waals surface area contributed by atoms with Crippen LogP contribution in [0, 0.1) is 5.92 Å². The third-order valence-electron chi connectivity index (χ3n) is 2.20. The van der Waals surface area contributed by atoms with Gasteiger partial charge >= 0.3 is 6.36 Å². The Bertz CT molecular complexity index is 361. The molecule has 0 saturated carbocycles. The summed E-state index contributed by atoms with van der Waals surface area (Å²) in [6, 6.07) is 5.65. The lowest BCUT2D eigenvalue weighted by atomic mass is 9.99. The molecule has 0 fully saturated rings. The molecule has 0 saturated heterocycles. The summed E-state index contributed by atoms with van der Waals surface area (Å²) < 4.78 is 40.3. The first-order valence-corrected chi connectivity index (χ1v) is 5.32. The van der Waals surface area contributed by atoms with E-state index in [1.165, 1.54) is 18.2 Å². The smallest absolute Gasteiger partial charge is 0.405 e. The van der Waals surface area contributed by atoms with Crippen LogP contribution in [0.25, 0.3) is 0 Å². The van der Waals surface area contributed by atoms with Crippen molar-refractivity contribution in [1.82, 2.24) is 0 Å². The molecule has 0 amide bonds. The predicted octanol–water partition coefficient (Wildman–Crippen LogP) is 3.66. The van der Waals surface area contributed by atoms with Gasteiger partial charge in [-0.1, -0.05) is 32.0 Å². The third-order valence-corrected chi connectivity index (χ3v) is 2.20. The topological polar surface area (TPSA) is 29.5 Å². The van der Waals surface area contributed by atoms with Gasteiger partial charge in [-0.25, -0.2) is 0 Å². The average Bonchev–Trinajstić information content (AvgIpc) is 2.14. The monoisotopic (exact) mass is 248 g/mol. The van der Waals surface area contributed by atoms with Crippen LogP contribution in [-0.2, 0) is 0 Å². The minimum atomic E-state index is -4.74. The van der Waals surface area contributed by atoms with E-state index >= 15 is 0 Å². The second-order valence-corrected chi connectivity index (χ2v) is 4.23. The zero-order valence-corrected chi connectivity index (χ0v) is 9.66. The number of halogens is 3. The molecule has 0 aliphatic carbocycles. The predicted molar refractivity (Wildman–Crippen MR) is 57.5 cm³/mol. The molecule has 0 bridgehead atoms. The first-order valence-electron chi connectivity index (χ1n) is 5.32. The molecule has 1 rings (SSSR count). The molecule has 1 aromatic carbocycles. The van der Waals surface area contributed by atoms with E-state index < -0.39 is 12.5 Å². The fraction of sp³-hybridized carbons (Fsp3) is 0.500. The molecule has 5 heteroatoms. The fourth-order valence-electron chi connectivity index (χ4n) is 1.55. The van der Waals surface area contributed by atoms with Crippen molar-refractivity contribution in [2.75, 3.05) is 0 Å². The lowest BCUT2D eigenvalue weighted by molar-refractivity contribution is -0.275. The van der Waals surface area contributed by atoms with E-state index in [1.807, 2.05) is 13.8 Å². The Morgan fingerprint density at radius 3 is 2.35 bits per heavy atom. The molecule has 0 spiro atoms. The summed E-state index contributed by atoms with van der Waals surface area (Å²) in [5, 5.41) is 9.82. The van der Waals surface area contributed by atoms with Gasteiger partial charge in [-0.15, -0.1) is 13.2 Å². The van der Waals surface area contributed by atoms with Gasteiger partial charge < -0.3 is 9.84 Å². The minimum Gasteiger partial charge on any atom is -0.405 e. The number of rotatable bonds is 4. The maximum Gasteiger partial charge on any atom is 0.573 e. The highest BCUT2D eigenvalue weighted by atomic mass is 19.4. The first kappa shape index (κ1) is 13.8. The Labute approximate surface area is 98.0 Å². The number of aliphatic hydroxyl groups excluding tert-OH is 1. The number of para-hydroxylation sites is 1. The normalized spacial score (nSPS) is 13.8. The van der Waals surface area contributed by atoms with Gasteiger partial charge in [-0.3, -0.25) is 0 Å². The molecular weight excluding hydrogens is 233 g/mol. The Morgan fingerprint density at radius 1 is 1.24 bits per heavy atom. The van der Waals surface area contributed by atoms with Crippen molar-refractivity contribution in [1.29, 1.82) is 0 Å². The van der Waals surface area contributed by atoms with Crippen LogP contribution in [0.1, 0.15) is 31.9 Å². The zero-order chi connectivity index (χ0) is 13.1. The van der Waals surface area contributed by atoms with Crippen molar-refractivity contribution in [2.24, 2.45) is 5.92 Å². The molecule has 0 aliphatic heterocycles. The average molecular weight is 248 g/mol. The molecule has 17 heavy (non-hydrogen) atoms. The van der Waals surface area contributed by atoms with E-state index in [0.29, 0.717) is 6.42 Å². The number of alkyl halides is 3. The summed E-state index contributed by atoms with van der Waals surface area (Å²) in [5.41, 5.74) is 0.165. The summed E-state index contributed by atoms with van der Waals surface area (Å²) in [5.74, 6) is -0.155. The van der Waals surface area contributed by atoms with Crippen LogP contribution in [0.2, 0.25) is 0 Å². The highest BCUT2D eigenvalue weighted by Gasteiger charge is 2.32. The summed E-state index contributed by atoms with van der Waals surface area (Å²) in [7, 11) is 0.